The SMILES string of the molecule is CS(=O)NCc1ccc(N2C[C@H](NC(=O)c3nnc(CCc4ccc(Cl)cc4)s3)CC2=O)cc1. The number of anilines is 1. The van der Waals surface area contributed by atoms with Crippen LogP contribution in [0.4, 0.5) is 5.69 Å². The van der Waals surface area contributed by atoms with E-state index >= 15 is 0 Å². The molecule has 1 aromatic heterocycles. The Labute approximate surface area is 209 Å². The van der Waals surface area contributed by atoms with Crippen molar-refractivity contribution in [3.63, 3.8) is 0 Å². The monoisotopic (exact) mass is 517 g/mol. The van der Waals surface area contributed by atoms with E-state index in [2.05, 4.69) is 20.2 Å². The van der Waals surface area contributed by atoms with Crippen LogP contribution < -0.4 is 14.9 Å². The van der Waals surface area contributed by atoms with Gasteiger partial charge in [-0.15, -0.1) is 10.2 Å². The molecule has 0 spiro atoms. The largest absolute Gasteiger partial charge is 0.345 e. The Morgan fingerprint density at radius 1 is 1.12 bits per heavy atom. The van der Waals surface area contributed by atoms with Gasteiger partial charge in [-0.1, -0.05) is 47.2 Å². The van der Waals surface area contributed by atoms with Gasteiger partial charge in [0.2, 0.25) is 10.9 Å². The molecule has 0 bridgehead atoms. The highest BCUT2D eigenvalue weighted by Crippen LogP contribution is 2.23. The third-order valence-corrected chi connectivity index (χ3v) is 7.17. The van der Waals surface area contributed by atoms with Crippen LogP contribution in [-0.4, -0.2) is 45.1 Å². The lowest BCUT2D eigenvalue weighted by molar-refractivity contribution is -0.117. The Kier molecular flexibility index (Phi) is 8.04. The fraction of sp³-hybridized carbons (Fsp3) is 0.304. The van der Waals surface area contributed by atoms with E-state index < -0.39 is 11.0 Å². The normalized spacial score (nSPS) is 16.6. The summed E-state index contributed by atoms with van der Waals surface area (Å²) in [6.07, 6.45) is 3.27. The maximum atomic E-state index is 12.7. The van der Waals surface area contributed by atoms with E-state index in [-0.39, 0.29) is 24.3 Å². The summed E-state index contributed by atoms with van der Waals surface area (Å²) in [6.45, 7) is 0.878. The minimum Gasteiger partial charge on any atom is -0.345 e. The van der Waals surface area contributed by atoms with E-state index in [9.17, 15) is 13.8 Å². The molecule has 8 nitrogen and oxygen atoms in total. The van der Waals surface area contributed by atoms with E-state index in [1.807, 2.05) is 48.5 Å². The second-order valence-corrected chi connectivity index (χ2v) is 10.6. The zero-order chi connectivity index (χ0) is 24.1. The van der Waals surface area contributed by atoms with Crippen LogP contribution in [0.25, 0.3) is 0 Å². The predicted molar refractivity (Wildman–Crippen MR) is 134 cm³/mol. The maximum Gasteiger partial charge on any atom is 0.282 e. The van der Waals surface area contributed by atoms with Gasteiger partial charge >= 0.3 is 0 Å². The van der Waals surface area contributed by atoms with Crippen molar-refractivity contribution in [3.8, 4) is 0 Å². The van der Waals surface area contributed by atoms with Crippen molar-refractivity contribution in [3.05, 3.63) is 74.7 Å². The number of halogens is 1. The second kappa shape index (κ2) is 11.2. The number of carbonyl (C=O) groups is 2. The summed E-state index contributed by atoms with van der Waals surface area (Å²) in [5.41, 5.74) is 2.88. The van der Waals surface area contributed by atoms with Gasteiger partial charge in [0, 0.05) is 42.9 Å². The summed E-state index contributed by atoms with van der Waals surface area (Å²) in [4.78, 5) is 26.9. The highest BCUT2D eigenvalue weighted by Gasteiger charge is 2.32. The molecule has 1 aliphatic rings. The molecule has 34 heavy (non-hydrogen) atoms. The molecule has 178 valence electrons. The molecular weight excluding hydrogens is 494 g/mol. The van der Waals surface area contributed by atoms with Gasteiger partial charge in [0.15, 0.2) is 0 Å². The maximum absolute atomic E-state index is 12.7. The molecule has 2 aromatic carbocycles. The molecular formula is C23H24ClN5O3S2. The average molecular weight is 518 g/mol. The first-order chi connectivity index (χ1) is 16.4. The smallest absolute Gasteiger partial charge is 0.282 e. The number of aromatic nitrogens is 2. The summed E-state index contributed by atoms with van der Waals surface area (Å²) in [5.74, 6) is -0.365. The molecule has 1 fully saturated rings. The van der Waals surface area contributed by atoms with Crippen LogP contribution in [-0.2, 0) is 35.2 Å². The number of rotatable bonds is 9. The first-order valence-electron chi connectivity index (χ1n) is 10.7. The number of hydrogen-bond donors (Lipinski definition) is 2. The van der Waals surface area contributed by atoms with Crippen LogP contribution in [0.5, 0.6) is 0 Å². The Hall–Kier alpha value is -2.66. The van der Waals surface area contributed by atoms with E-state index in [1.165, 1.54) is 11.3 Å². The molecule has 0 radical (unpaired) electrons. The topological polar surface area (TPSA) is 104 Å². The van der Waals surface area contributed by atoms with Gasteiger partial charge in [0.25, 0.3) is 5.91 Å². The van der Waals surface area contributed by atoms with Crippen LogP contribution in [0, 0.1) is 0 Å². The minimum absolute atomic E-state index is 0.0493. The number of nitrogens with one attached hydrogen (secondary N) is 2. The molecule has 0 saturated carbocycles. The van der Waals surface area contributed by atoms with Crippen molar-refractivity contribution in [2.45, 2.75) is 31.8 Å². The Balaban J connectivity index is 1.29. The molecule has 2 heterocycles. The van der Waals surface area contributed by atoms with E-state index in [0.29, 0.717) is 29.5 Å². The quantitative estimate of drug-likeness (QED) is 0.454. The van der Waals surface area contributed by atoms with Gasteiger partial charge in [-0.25, -0.2) is 8.93 Å². The fourth-order valence-corrected chi connectivity index (χ4v) is 4.87. The molecule has 11 heteroatoms. The van der Waals surface area contributed by atoms with Crippen LogP contribution >= 0.6 is 22.9 Å². The van der Waals surface area contributed by atoms with E-state index in [0.717, 1.165) is 28.2 Å². The molecule has 1 aliphatic heterocycles. The Morgan fingerprint density at radius 2 is 1.82 bits per heavy atom. The number of benzene rings is 2. The van der Waals surface area contributed by atoms with Crippen LogP contribution in [0.15, 0.2) is 48.5 Å². The van der Waals surface area contributed by atoms with Crippen molar-refractivity contribution in [2.75, 3.05) is 17.7 Å². The van der Waals surface area contributed by atoms with Crippen molar-refractivity contribution in [2.24, 2.45) is 0 Å². The van der Waals surface area contributed by atoms with E-state index in [4.69, 9.17) is 11.6 Å². The van der Waals surface area contributed by atoms with Crippen molar-refractivity contribution in [1.29, 1.82) is 0 Å². The highest BCUT2D eigenvalue weighted by molar-refractivity contribution is 7.82. The number of aryl methyl sites for hydroxylation is 2. The number of nitrogens with zero attached hydrogens (tertiary/aromatic N) is 3. The zero-order valence-corrected chi connectivity index (χ0v) is 20.9. The highest BCUT2D eigenvalue weighted by atomic mass is 35.5. The molecule has 2 atom stereocenters. The predicted octanol–water partition coefficient (Wildman–Crippen LogP) is 2.90. The fourth-order valence-electron chi connectivity index (χ4n) is 3.63. The summed E-state index contributed by atoms with van der Waals surface area (Å²) in [6, 6.07) is 14.8. The second-order valence-electron chi connectivity index (χ2n) is 7.95. The summed E-state index contributed by atoms with van der Waals surface area (Å²) >= 11 is 7.18. The molecule has 1 saturated heterocycles. The third kappa shape index (κ3) is 6.47. The summed E-state index contributed by atoms with van der Waals surface area (Å²) < 4.78 is 14.0. The van der Waals surface area contributed by atoms with Gasteiger partial charge < -0.3 is 10.2 Å². The van der Waals surface area contributed by atoms with Crippen LogP contribution in [0.3, 0.4) is 0 Å². The summed E-state index contributed by atoms with van der Waals surface area (Å²) in [5, 5.41) is 12.9. The number of carbonyl (C=O) groups excluding carboxylic acids is 2. The van der Waals surface area contributed by atoms with E-state index in [1.54, 1.807) is 11.2 Å². The lowest BCUT2D eigenvalue weighted by Crippen LogP contribution is -2.37. The third-order valence-electron chi connectivity index (χ3n) is 5.39. The first kappa shape index (κ1) is 24.5. The molecule has 3 aromatic rings. The number of amides is 2. The summed E-state index contributed by atoms with van der Waals surface area (Å²) in [7, 11) is -1.08. The zero-order valence-electron chi connectivity index (χ0n) is 18.5. The number of hydrogen-bond acceptors (Lipinski definition) is 6. The van der Waals surface area contributed by atoms with Gasteiger partial charge in [0.05, 0.1) is 17.0 Å². The molecule has 0 aliphatic carbocycles. The van der Waals surface area contributed by atoms with Crippen molar-refractivity contribution in [1.82, 2.24) is 20.2 Å². The van der Waals surface area contributed by atoms with Crippen LogP contribution in [0.2, 0.25) is 5.02 Å². The lowest BCUT2D eigenvalue weighted by Gasteiger charge is -2.17. The Morgan fingerprint density at radius 3 is 2.53 bits per heavy atom. The van der Waals surface area contributed by atoms with Gasteiger partial charge in [-0.05, 0) is 41.8 Å². The molecule has 4 rings (SSSR count). The first-order valence-corrected chi connectivity index (χ1v) is 13.5. The lowest BCUT2D eigenvalue weighted by atomic mass is 10.1. The van der Waals surface area contributed by atoms with Gasteiger partial charge in [0.1, 0.15) is 5.01 Å². The van der Waals surface area contributed by atoms with Crippen molar-refractivity contribution >= 4 is 51.4 Å². The minimum atomic E-state index is -1.08. The van der Waals surface area contributed by atoms with Gasteiger partial charge in [-0.3, -0.25) is 9.59 Å². The molecule has 1 unspecified atom stereocenters. The average Bonchev–Trinajstić information content (AvgIpc) is 3.44. The molecule has 2 N–H and O–H groups in total. The van der Waals surface area contributed by atoms with Crippen LogP contribution in [0.1, 0.15) is 32.4 Å². The Bertz CT molecular complexity index is 1180. The van der Waals surface area contributed by atoms with Gasteiger partial charge in [-0.2, -0.15) is 0 Å². The standard InChI is InChI=1S/C23H24ClN5O3S2/c1-34(32)25-13-16-4-9-19(10-5-16)29-14-18(12-21(29)30)26-22(31)23-28-27-20(33-23)11-6-15-2-7-17(24)8-3-15/h2-5,7-10,18,25H,6,11-14H2,1H3,(H,26,31)/t18-,34?/m1/s1. The van der Waals surface area contributed by atoms with Crippen molar-refractivity contribution < 1.29 is 13.8 Å². The molecule has 2 amide bonds.